The van der Waals surface area contributed by atoms with Gasteiger partial charge in [0.25, 0.3) is 0 Å². The second-order valence-corrected chi connectivity index (χ2v) is 6.18. The smallest absolute Gasteiger partial charge is 0.326 e. The molecule has 2 amide bonds. The molecule has 1 aliphatic rings. The maximum Gasteiger partial charge on any atom is 0.326 e. The Kier molecular flexibility index (Phi) is 6.99. The first-order valence-electron chi connectivity index (χ1n) is 8.26. The number of rotatable bonds is 7. The molecule has 0 radical (unpaired) electrons. The third-order valence-corrected chi connectivity index (χ3v) is 5.05. The molecule has 0 aromatic rings. The van der Waals surface area contributed by atoms with E-state index >= 15 is 0 Å². The van der Waals surface area contributed by atoms with Crippen LogP contribution in [0, 0.1) is 5.41 Å². The van der Waals surface area contributed by atoms with Crippen molar-refractivity contribution >= 4 is 12.0 Å². The fraction of sp³-hybridized carbons (Fsp3) is 0.875. The number of unbranched alkanes of at least 4 members (excludes halogenated alkanes) is 1. The van der Waals surface area contributed by atoms with Crippen LogP contribution in [0.2, 0.25) is 0 Å². The Labute approximate surface area is 128 Å². The van der Waals surface area contributed by atoms with E-state index in [9.17, 15) is 14.7 Å². The number of hydrogen-bond donors (Lipinski definition) is 2. The molecule has 0 spiro atoms. The number of likely N-dealkylation sites (tertiary alicyclic amines) is 1. The monoisotopic (exact) mass is 298 g/mol. The first-order valence-corrected chi connectivity index (χ1v) is 8.26. The fourth-order valence-corrected chi connectivity index (χ4v) is 3.05. The number of hydrogen-bond acceptors (Lipinski definition) is 2. The second-order valence-electron chi connectivity index (χ2n) is 6.18. The lowest BCUT2D eigenvalue weighted by atomic mass is 9.74. The van der Waals surface area contributed by atoms with Gasteiger partial charge in [-0.05, 0) is 24.7 Å². The fourth-order valence-electron chi connectivity index (χ4n) is 3.05. The highest BCUT2D eigenvalue weighted by Crippen LogP contribution is 2.37. The average Bonchev–Trinajstić information content (AvgIpc) is 2.51. The van der Waals surface area contributed by atoms with Crippen LogP contribution in [0.4, 0.5) is 4.79 Å². The zero-order valence-electron chi connectivity index (χ0n) is 13.7. The van der Waals surface area contributed by atoms with Crippen molar-refractivity contribution in [1.29, 1.82) is 0 Å². The first-order chi connectivity index (χ1) is 9.98. The van der Waals surface area contributed by atoms with Crippen LogP contribution in [0.1, 0.15) is 65.7 Å². The lowest BCUT2D eigenvalue weighted by molar-refractivity contribution is -0.139. The zero-order chi connectivity index (χ0) is 15.9. The van der Waals surface area contributed by atoms with Crippen LogP contribution in [0.3, 0.4) is 0 Å². The predicted octanol–water partition coefficient (Wildman–Crippen LogP) is 3.24. The molecule has 21 heavy (non-hydrogen) atoms. The third kappa shape index (κ3) is 4.90. The van der Waals surface area contributed by atoms with Gasteiger partial charge in [-0.2, -0.15) is 0 Å². The topological polar surface area (TPSA) is 69.6 Å². The summed E-state index contributed by atoms with van der Waals surface area (Å²) in [4.78, 5) is 25.2. The molecule has 1 unspecified atom stereocenters. The average molecular weight is 298 g/mol. The van der Waals surface area contributed by atoms with Gasteiger partial charge in [0.1, 0.15) is 6.04 Å². The highest BCUT2D eigenvalue weighted by molar-refractivity contribution is 5.82. The van der Waals surface area contributed by atoms with E-state index in [0.717, 1.165) is 51.6 Å². The molecule has 0 aliphatic carbocycles. The van der Waals surface area contributed by atoms with E-state index in [1.165, 1.54) is 0 Å². The summed E-state index contributed by atoms with van der Waals surface area (Å²) >= 11 is 0. The van der Waals surface area contributed by atoms with Gasteiger partial charge in [0.15, 0.2) is 0 Å². The highest BCUT2D eigenvalue weighted by atomic mass is 16.4. The molecule has 5 heteroatoms. The lowest BCUT2D eigenvalue weighted by Crippen LogP contribution is -2.51. The maximum atomic E-state index is 12.2. The molecule has 1 rings (SSSR count). The SMILES string of the molecule is CCCCC(NC(=O)N1CCC(CC)(CC)CC1)C(=O)O. The van der Waals surface area contributed by atoms with Crippen molar-refractivity contribution in [3.05, 3.63) is 0 Å². The number of carbonyl (C=O) groups excluding carboxylic acids is 1. The number of piperidine rings is 1. The molecule has 2 N–H and O–H groups in total. The molecule has 0 saturated carbocycles. The van der Waals surface area contributed by atoms with E-state index in [-0.39, 0.29) is 6.03 Å². The standard InChI is InChI=1S/C16H30N2O3/c1-4-7-8-13(14(19)20)17-15(21)18-11-9-16(5-2,6-3)10-12-18/h13H,4-12H2,1-3H3,(H,17,21)(H,19,20). The number of nitrogens with zero attached hydrogens (tertiary/aromatic N) is 1. The Morgan fingerprint density at radius 3 is 2.19 bits per heavy atom. The van der Waals surface area contributed by atoms with Gasteiger partial charge in [-0.25, -0.2) is 9.59 Å². The largest absolute Gasteiger partial charge is 0.480 e. The number of nitrogens with one attached hydrogen (secondary N) is 1. The van der Waals surface area contributed by atoms with E-state index in [0.29, 0.717) is 11.8 Å². The Morgan fingerprint density at radius 1 is 1.19 bits per heavy atom. The van der Waals surface area contributed by atoms with Crippen molar-refractivity contribution in [3.63, 3.8) is 0 Å². The molecule has 1 aliphatic heterocycles. The molecule has 1 fully saturated rings. The molecule has 0 bridgehead atoms. The van der Waals surface area contributed by atoms with Crippen LogP contribution in [0.5, 0.6) is 0 Å². The van der Waals surface area contributed by atoms with Crippen molar-refractivity contribution in [2.75, 3.05) is 13.1 Å². The van der Waals surface area contributed by atoms with Crippen molar-refractivity contribution < 1.29 is 14.7 Å². The molecule has 1 atom stereocenters. The predicted molar refractivity (Wildman–Crippen MR) is 83.3 cm³/mol. The van der Waals surface area contributed by atoms with Gasteiger partial charge in [-0.3, -0.25) is 0 Å². The van der Waals surface area contributed by atoms with Crippen molar-refractivity contribution in [3.8, 4) is 0 Å². The van der Waals surface area contributed by atoms with Gasteiger partial charge >= 0.3 is 12.0 Å². The summed E-state index contributed by atoms with van der Waals surface area (Å²) in [5, 5.41) is 11.8. The van der Waals surface area contributed by atoms with Crippen LogP contribution in [-0.4, -0.2) is 41.1 Å². The minimum Gasteiger partial charge on any atom is -0.480 e. The highest BCUT2D eigenvalue weighted by Gasteiger charge is 2.33. The normalized spacial score (nSPS) is 19.1. The Morgan fingerprint density at radius 2 is 1.76 bits per heavy atom. The number of urea groups is 1. The number of amides is 2. The quantitative estimate of drug-likeness (QED) is 0.758. The summed E-state index contributed by atoms with van der Waals surface area (Å²) in [6.45, 7) is 7.90. The number of carboxylic acid groups (broad SMARTS) is 1. The van der Waals surface area contributed by atoms with Crippen LogP contribution in [-0.2, 0) is 4.79 Å². The summed E-state index contributed by atoms with van der Waals surface area (Å²) in [6.07, 6.45) is 6.56. The molecule has 5 nitrogen and oxygen atoms in total. The van der Waals surface area contributed by atoms with E-state index in [1.54, 1.807) is 4.90 Å². The minimum atomic E-state index is -0.940. The Hall–Kier alpha value is -1.26. The first kappa shape index (κ1) is 17.8. The molecule has 0 aromatic carbocycles. The molecule has 0 aromatic heterocycles. The minimum absolute atomic E-state index is 0.223. The molecule has 1 heterocycles. The third-order valence-electron chi connectivity index (χ3n) is 5.05. The zero-order valence-corrected chi connectivity index (χ0v) is 13.7. The van der Waals surface area contributed by atoms with Gasteiger partial charge in [0.05, 0.1) is 0 Å². The summed E-state index contributed by atoms with van der Waals surface area (Å²) < 4.78 is 0. The molecular formula is C16H30N2O3. The molecule has 122 valence electrons. The number of carbonyl (C=O) groups is 2. The summed E-state index contributed by atoms with van der Waals surface area (Å²) in [7, 11) is 0. The number of carboxylic acids is 1. The second kappa shape index (κ2) is 8.25. The number of aliphatic carboxylic acids is 1. The van der Waals surface area contributed by atoms with Crippen LogP contribution < -0.4 is 5.32 Å². The Bertz CT molecular complexity index is 343. The summed E-state index contributed by atoms with van der Waals surface area (Å²) in [6, 6.07) is -0.985. The van der Waals surface area contributed by atoms with Gasteiger partial charge in [0, 0.05) is 13.1 Å². The van der Waals surface area contributed by atoms with Crippen LogP contribution >= 0.6 is 0 Å². The van der Waals surface area contributed by atoms with Crippen molar-refractivity contribution in [2.45, 2.75) is 71.8 Å². The van der Waals surface area contributed by atoms with Gasteiger partial charge in [-0.15, -0.1) is 0 Å². The Balaban J connectivity index is 2.51. The van der Waals surface area contributed by atoms with E-state index in [2.05, 4.69) is 19.2 Å². The van der Waals surface area contributed by atoms with Crippen LogP contribution in [0.25, 0.3) is 0 Å². The van der Waals surface area contributed by atoms with E-state index in [1.807, 2.05) is 6.92 Å². The summed E-state index contributed by atoms with van der Waals surface area (Å²) in [5.41, 5.74) is 0.366. The van der Waals surface area contributed by atoms with Gasteiger partial charge in [-0.1, -0.05) is 46.5 Å². The van der Waals surface area contributed by atoms with Crippen LogP contribution in [0.15, 0.2) is 0 Å². The summed E-state index contributed by atoms with van der Waals surface area (Å²) in [5.74, 6) is -0.940. The van der Waals surface area contributed by atoms with Gasteiger partial charge < -0.3 is 15.3 Å². The van der Waals surface area contributed by atoms with Gasteiger partial charge in [0.2, 0.25) is 0 Å². The van der Waals surface area contributed by atoms with E-state index < -0.39 is 12.0 Å². The lowest BCUT2D eigenvalue weighted by Gasteiger charge is -2.41. The maximum absolute atomic E-state index is 12.2. The molecular weight excluding hydrogens is 268 g/mol. The van der Waals surface area contributed by atoms with Crippen molar-refractivity contribution in [2.24, 2.45) is 5.41 Å². The molecule has 1 saturated heterocycles. The van der Waals surface area contributed by atoms with E-state index in [4.69, 9.17) is 0 Å². The van der Waals surface area contributed by atoms with Crippen molar-refractivity contribution in [1.82, 2.24) is 10.2 Å².